The molecule has 0 aliphatic carbocycles. The van der Waals surface area contributed by atoms with Gasteiger partial charge < -0.3 is 10.1 Å². The van der Waals surface area contributed by atoms with Gasteiger partial charge in [0.05, 0.1) is 16.7 Å². The summed E-state index contributed by atoms with van der Waals surface area (Å²) in [5.74, 6) is -0.667. The molecule has 0 radical (unpaired) electrons. The molecular formula is C10H15FN2O3S. The second-order valence-corrected chi connectivity index (χ2v) is 5.18. The average molecular weight is 262 g/mol. The number of methoxy groups -OCH3 is 1. The highest BCUT2D eigenvalue weighted by molar-refractivity contribution is 7.89. The van der Waals surface area contributed by atoms with Crippen LogP contribution in [0.1, 0.15) is 6.92 Å². The van der Waals surface area contributed by atoms with E-state index in [4.69, 9.17) is 9.88 Å². The first-order chi connectivity index (χ1) is 7.84. The zero-order chi connectivity index (χ0) is 13.1. The summed E-state index contributed by atoms with van der Waals surface area (Å²) < 4.78 is 40.5. The predicted molar refractivity (Wildman–Crippen MR) is 62.7 cm³/mol. The van der Waals surface area contributed by atoms with Gasteiger partial charge in [-0.3, -0.25) is 0 Å². The van der Waals surface area contributed by atoms with Crippen LogP contribution in [0, 0.1) is 5.82 Å². The zero-order valence-electron chi connectivity index (χ0n) is 9.60. The minimum atomic E-state index is -3.87. The van der Waals surface area contributed by atoms with E-state index in [1.807, 2.05) is 6.92 Å². The van der Waals surface area contributed by atoms with Crippen LogP contribution in [0.15, 0.2) is 23.1 Å². The summed E-state index contributed by atoms with van der Waals surface area (Å²) in [4.78, 5) is -0.250. The Morgan fingerprint density at radius 3 is 2.65 bits per heavy atom. The molecule has 96 valence electrons. The highest BCUT2D eigenvalue weighted by atomic mass is 32.2. The lowest BCUT2D eigenvalue weighted by Crippen LogP contribution is -2.19. The molecule has 1 aromatic carbocycles. The number of rotatable bonds is 5. The molecule has 0 aromatic heterocycles. The lowest BCUT2D eigenvalue weighted by Gasteiger charge is -2.12. The summed E-state index contributed by atoms with van der Waals surface area (Å²) in [5, 5.41) is 7.69. The number of sulfonamides is 1. The molecule has 17 heavy (non-hydrogen) atoms. The number of hydrogen-bond acceptors (Lipinski definition) is 4. The van der Waals surface area contributed by atoms with Crippen molar-refractivity contribution >= 4 is 15.7 Å². The lowest BCUT2D eigenvalue weighted by molar-refractivity contribution is 0.128. The molecule has 7 heteroatoms. The van der Waals surface area contributed by atoms with Crippen molar-refractivity contribution < 1.29 is 17.5 Å². The van der Waals surface area contributed by atoms with Crippen LogP contribution >= 0.6 is 0 Å². The number of nitrogens with one attached hydrogen (secondary N) is 1. The van der Waals surface area contributed by atoms with Crippen molar-refractivity contribution in [1.82, 2.24) is 0 Å². The van der Waals surface area contributed by atoms with E-state index in [0.717, 1.165) is 6.07 Å². The molecule has 0 saturated carbocycles. The van der Waals surface area contributed by atoms with Crippen LogP contribution < -0.4 is 10.5 Å². The number of primary sulfonamides is 1. The molecule has 3 N–H and O–H groups in total. The first-order valence-corrected chi connectivity index (χ1v) is 6.48. The van der Waals surface area contributed by atoms with Crippen molar-refractivity contribution in [1.29, 1.82) is 0 Å². The fourth-order valence-corrected chi connectivity index (χ4v) is 1.68. The molecule has 0 bridgehead atoms. The van der Waals surface area contributed by atoms with Crippen molar-refractivity contribution in [3.05, 3.63) is 24.0 Å². The van der Waals surface area contributed by atoms with Crippen LogP contribution in [-0.4, -0.2) is 28.2 Å². The second kappa shape index (κ2) is 5.44. The first kappa shape index (κ1) is 13.9. The van der Waals surface area contributed by atoms with E-state index in [2.05, 4.69) is 5.32 Å². The van der Waals surface area contributed by atoms with Crippen molar-refractivity contribution in [3.8, 4) is 0 Å². The van der Waals surface area contributed by atoms with Gasteiger partial charge in [0.2, 0.25) is 10.0 Å². The average Bonchev–Trinajstić information content (AvgIpc) is 2.25. The Morgan fingerprint density at radius 2 is 2.18 bits per heavy atom. The highest BCUT2D eigenvalue weighted by Gasteiger charge is 2.11. The first-order valence-electron chi connectivity index (χ1n) is 4.93. The number of nitrogens with two attached hydrogens (primary N) is 1. The maximum Gasteiger partial charge on any atom is 0.238 e. The largest absolute Gasteiger partial charge is 0.380 e. The predicted octanol–water partition coefficient (Wildman–Crippen LogP) is 0.920. The molecule has 0 aliphatic heterocycles. The quantitative estimate of drug-likeness (QED) is 0.826. The number of ether oxygens (including phenoxy) is 1. The number of hydrogen-bond donors (Lipinski definition) is 2. The lowest BCUT2D eigenvalue weighted by atomic mass is 10.3. The zero-order valence-corrected chi connectivity index (χ0v) is 10.4. The topological polar surface area (TPSA) is 81.4 Å². The Hall–Kier alpha value is -1.18. The van der Waals surface area contributed by atoms with Crippen LogP contribution in [0.25, 0.3) is 0 Å². The third-order valence-corrected chi connectivity index (χ3v) is 3.16. The van der Waals surface area contributed by atoms with Crippen LogP contribution in [0.3, 0.4) is 0 Å². The van der Waals surface area contributed by atoms with E-state index in [1.54, 1.807) is 7.11 Å². The smallest absolute Gasteiger partial charge is 0.238 e. The van der Waals surface area contributed by atoms with E-state index in [-0.39, 0.29) is 16.7 Å². The summed E-state index contributed by atoms with van der Waals surface area (Å²) in [7, 11) is -2.32. The molecule has 0 heterocycles. The molecule has 0 spiro atoms. The Labute approximate surface area is 99.8 Å². The van der Waals surface area contributed by atoms with Gasteiger partial charge >= 0.3 is 0 Å². The summed E-state index contributed by atoms with van der Waals surface area (Å²) in [6.45, 7) is 2.24. The minimum Gasteiger partial charge on any atom is -0.380 e. The monoisotopic (exact) mass is 262 g/mol. The summed E-state index contributed by atoms with van der Waals surface area (Å²) in [6, 6.07) is 3.46. The normalized spacial score (nSPS) is 13.4. The van der Waals surface area contributed by atoms with Crippen LogP contribution in [0.2, 0.25) is 0 Å². The van der Waals surface area contributed by atoms with Crippen LogP contribution in [-0.2, 0) is 14.8 Å². The van der Waals surface area contributed by atoms with Gasteiger partial charge in [0.25, 0.3) is 0 Å². The fourth-order valence-electron chi connectivity index (χ4n) is 1.15. The van der Waals surface area contributed by atoms with Crippen molar-refractivity contribution in [2.24, 2.45) is 5.14 Å². The number of anilines is 1. The molecule has 0 aliphatic rings. The van der Waals surface area contributed by atoms with Gasteiger partial charge in [-0.15, -0.1) is 0 Å². The van der Waals surface area contributed by atoms with Gasteiger partial charge in [-0.2, -0.15) is 0 Å². The third kappa shape index (κ3) is 3.95. The molecule has 1 atom stereocenters. The molecular weight excluding hydrogens is 247 g/mol. The SMILES string of the molecule is COC(C)CNc1ccc(S(N)(=O)=O)cc1F. The Balaban J connectivity index is 2.84. The number of benzene rings is 1. The minimum absolute atomic E-state index is 0.0766. The molecule has 0 amide bonds. The highest BCUT2D eigenvalue weighted by Crippen LogP contribution is 2.18. The molecule has 0 fully saturated rings. The second-order valence-electron chi connectivity index (χ2n) is 3.61. The molecule has 5 nitrogen and oxygen atoms in total. The van der Waals surface area contributed by atoms with Gasteiger partial charge in [-0.1, -0.05) is 0 Å². The Bertz CT molecular complexity index is 490. The third-order valence-electron chi connectivity index (χ3n) is 2.25. The Morgan fingerprint density at radius 1 is 1.53 bits per heavy atom. The van der Waals surface area contributed by atoms with Crippen LogP contribution in [0.5, 0.6) is 0 Å². The standard InChI is InChI=1S/C10H15FN2O3S/c1-7(16-2)6-13-10-4-3-8(5-9(10)11)17(12,14)15/h3-5,7,13H,6H2,1-2H3,(H2,12,14,15). The van der Waals surface area contributed by atoms with E-state index >= 15 is 0 Å². The summed E-state index contributed by atoms with van der Waals surface area (Å²) in [5.41, 5.74) is 0.210. The van der Waals surface area contributed by atoms with E-state index in [9.17, 15) is 12.8 Å². The number of halogens is 1. The maximum absolute atomic E-state index is 13.5. The Kier molecular flexibility index (Phi) is 4.44. The molecule has 0 saturated heterocycles. The van der Waals surface area contributed by atoms with E-state index in [1.165, 1.54) is 12.1 Å². The van der Waals surface area contributed by atoms with Gasteiger partial charge in [0.1, 0.15) is 5.82 Å². The van der Waals surface area contributed by atoms with Gasteiger partial charge in [-0.05, 0) is 25.1 Å². The van der Waals surface area contributed by atoms with Crippen molar-refractivity contribution in [3.63, 3.8) is 0 Å². The molecule has 1 unspecified atom stereocenters. The van der Waals surface area contributed by atoms with Gasteiger partial charge in [0.15, 0.2) is 0 Å². The summed E-state index contributed by atoms with van der Waals surface area (Å²) >= 11 is 0. The molecule has 1 rings (SSSR count). The van der Waals surface area contributed by atoms with Gasteiger partial charge in [0, 0.05) is 13.7 Å². The fraction of sp³-hybridized carbons (Fsp3) is 0.400. The van der Waals surface area contributed by atoms with Crippen molar-refractivity contribution in [2.45, 2.75) is 17.9 Å². The molecule has 1 aromatic rings. The summed E-state index contributed by atoms with van der Waals surface area (Å²) in [6.07, 6.45) is -0.0766. The van der Waals surface area contributed by atoms with E-state index in [0.29, 0.717) is 6.54 Å². The van der Waals surface area contributed by atoms with E-state index < -0.39 is 15.8 Å². The van der Waals surface area contributed by atoms with Crippen molar-refractivity contribution in [2.75, 3.05) is 19.0 Å². The van der Waals surface area contributed by atoms with Gasteiger partial charge in [-0.25, -0.2) is 17.9 Å². The maximum atomic E-state index is 13.5. The van der Waals surface area contributed by atoms with Crippen LogP contribution in [0.4, 0.5) is 10.1 Å².